The van der Waals surface area contributed by atoms with Crippen LogP contribution in [0.3, 0.4) is 0 Å². The Bertz CT molecular complexity index is 990. The summed E-state index contributed by atoms with van der Waals surface area (Å²) in [6, 6.07) is 18.5. The first-order chi connectivity index (χ1) is 14.0. The number of pyridine rings is 1. The second kappa shape index (κ2) is 9.67. The minimum atomic E-state index is -0.216. The number of aryl methyl sites for hydroxylation is 1. The number of ether oxygens (including phenoxy) is 2. The molecular formula is C23H23BrN2O3. The van der Waals surface area contributed by atoms with E-state index in [9.17, 15) is 4.79 Å². The lowest BCUT2D eigenvalue weighted by molar-refractivity contribution is 0.0732. The molecule has 29 heavy (non-hydrogen) atoms. The first-order valence-corrected chi connectivity index (χ1v) is 10.2. The molecule has 6 heteroatoms. The summed E-state index contributed by atoms with van der Waals surface area (Å²) < 4.78 is 12.4. The van der Waals surface area contributed by atoms with Crippen LogP contribution in [0.15, 0.2) is 65.1 Å². The highest BCUT2D eigenvalue weighted by Gasteiger charge is 2.14. The molecule has 150 valence electrons. The van der Waals surface area contributed by atoms with E-state index in [1.807, 2.05) is 69.3 Å². The number of hydrogen-bond donors (Lipinski definition) is 1. The fourth-order valence-corrected chi connectivity index (χ4v) is 3.12. The fourth-order valence-electron chi connectivity index (χ4n) is 2.86. The molecular weight excluding hydrogens is 432 g/mol. The number of hydrogen-bond acceptors (Lipinski definition) is 4. The average molecular weight is 455 g/mol. The molecule has 0 fully saturated rings. The lowest BCUT2D eigenvalue weighted by atomic mass is 10.1. The van der Waals surface area contributed by atoms with Crippen molar-refractivity contribution >= 4 is 27.5 Å². The lowest BCUT2D eigenvalue weighted by Crippen LogP contribution is -2.15. The third kappa shape index (κ3) is 5.65. The first kappa shape index (κ1) is 21.0. The van der Waals surface area contributed by atoms with Crippen LogP contribution in [0, 0.1) is 6.92 Å². The Kier molecular flexibility index (Phi) is 7.01. The SMILES string of the molecule is CCOC(C)c1ccc(C(=O)Nc2cccc(Oc3ccc(Br)cc3)c2)c(C)n1. The summed E-state index contributed by atoms with van der Waals surface area (Å²) in [5, 5.41) is 2.91. The summed E-state index contributed by atoms with van der Waals surface area (Å²) in [4.78, 5) is 17.2. The number of carbonyl (C=O) groups excluding carboxylic acids is 1. The van der Waals surface area contributed by atoms with E-state index >= 15 is 0 Å². The predicted molar refractivity (Wildman–Crippen MR) is 118 cm³/mol. The summed E-state index contributed by atoms with van der Waals surface area (Å²) in [5.41, 5.74) is 2.65. The zero-order valence-electron chi connectivity index (χ0n) is 16.6. The van der Waals surface area contributed by atoms with Crippen molar-refractivity contribution in [2.24, 2.45) is 0 Å². The maximum atomic E-state index is 12.7. The normalized spacial score (nSPS) is 11.7. The third-order valence-electron chi connectivity index (χ3n) is 4.33. The number of carbonyl (C=O) groups is 1. The van der Waals surface area contributed by atoms with E-state index in [-0.39, 0.29) is 12.0 Å². The molecule has 5 nitrogen and oxygen atoms in total. The molecule has 0 aliphatic rings. The fraction of sp³-hybridized carbons (Fsp3) is 0.217. The van der Waals surface area contributed by atoms with Gasteiger partial charge in [-0.3, -0.25) is 9.78 Å². The molecule has 3 aromatic rings. The van der Waals surface area contributed by atoms with E-state index in [0.717, 1.165) is 15.9 Å². The predicted octanol–water partition coefficient (Wildman–Crippen LogP) is 6.29. The zero-order chi connectivity index (χ0) is 20.8. The standard InChI is InChI=1S/C23H23BrN2O3/c1-4-28-16(3)22-13-12-21(15(2)25-22)23(27)26-18-6-5-7-20(14-18)29-19-10-8-17(24)9-11-19/h5-14,16H,4H2,1-3H3,(H,26,27). The van der Waals surface area contributed by atoms with Gasteiger partial charge in [0.2, 0.25) is 0 Å². The molecule has 1 aromatic heterocycles. The second-order valence-electron chi connectivity index (χ2n) is 6.50. The smallest absolute Gasteiger partial charge is 0.257 e. The van der Waals surface area contributed by atoms with E-state index in [1.54, 1.807) is 12.1 Å². The van der Waals surface area contributed by atoms with Gasteiger partial charge in [-0.05, 0) is 69.3 Å². The van der Waals surface area contributed by atoms with Crippen molar-refractivity contribution < 1.29 is 14.3 Å². The molecule has 1 atom stereocenters. The minimum Gasteiger partial charge on any atom is -0.457 e. The molecule has 0 saturated heterocycles. The first-order valence-electron chi connectivity index (χ1n) is 9.40. The van der Waals surface area contributed by atoms with Gasteiger partial charge in [-0.25, -0.2) is 0 Å². The van der Waals surface area contributed by atoms with Gasteiger partial charge in [-0.2, -0.15) is 0 Å². The summed E-state index contributed by atoms with van der Waals surface area (Å²) in [7, 11) is 0. The summed E-state index contributed by atoms with van der Waals surface area (Å²) in [6.07, 6.45) is -0.108. The Morgan fingerprint density at radius 3 is 2.55 bits per heavy atom. The number of anilines is 1. The van der Waals surface area contributed by atoms with E-state index in [1.165, 1.54) is 0 Å². The average Bonchev–Trinajstić information content (AvgIpc) is 2.70. The molecule has 1 amide bonds. The van der Waals surface area contributed by atoms with Crippen molar-refractivity contribution in [3.05, 3.63) is 82.1 Å². The maximum absolute atomic E-state index is 12.7. The van der Waals surface area contributed by atoms with Gasteiger partial charge in [0.15, 0.2) is 0 Å². The summed E-state index contributed by atoms with van der Waals surface area (Å²) >= 11 is 3.40. The largest absolute Gasteiger partial charge is 0.457 e. The number of rotatable bonds is 7. The highest BCUT2D eigenvalue weighted by Crippen LogP contribution is 2.26. The molecule has 1 heterocycles. The van der Waals surface area contributed by atoms with Crippen LogP contribution >= 0.6 is 15.9 Å². The monoisotopic (exact) mass is 454 g/mol. The van der Waals surface area contributed by atoms with E-state index in [4.69, 9.17) is 9.47 Å². The van der Waals surface area contributed by atoms with Gasteiger partial charge in [-0.15, -0.1) is 0 Å². The number of benzene rings is 2. The van der Waals surface area contributed by atoms with E-state index < -0.39 is 0 Å². The van der Waals surface area contributed by atoms with Crippen molar-refractivity contribution in [3.63, 3.8) is 0 Å². The number of nitrogens with one attached hydrogen (secondary N) is 1. The Labute approximate surface area is 179 Å². The molecule has 0 saturated carbocycles. The molecule has 3 rings (SSSR count). The molecule has 0 aliphatic heterocycles. The van der Waals surface area contributed by atoms with Crippen molar-refractivity contribution in [1.82, 2.24) is 4.98 Å². The Balaban J connectivity index is 1.71. The van der Waals surface area contributed by atoms with Gasteiger partial charge in [0, 0.05) is 22.8 Å². The van der Waals surface area contributed by atoms with Crippen LogP contribution in [-0.4, -0.2) is 17.5 Å². The van der Waals surface area contributed by atoms with Crippen LogP contribution in [0.2, 0.25) is 0 Å². The van der Waals surface area contributed by atoms with Crippen molar-refractivity contribution in [1.29, 1.82) is 0 Å². The van der Waals surface area contributed by atoms with Crippen LogP contribution < -0.4 is 10.1 Å². The summed E-state index contributed by atoms with van der Waals surface area (Å²) in [6.45, 7) is 6.33. The Morgan fingerprint density at radius 2 is 1.86 bits per heavy atom. The lowest BCUT2D eigenvalue weighted by Gasteiger charge is -2.14. The second-order valence-corrected chi connectivity index (χ2v) is 7.42. The molecule has 1 unspecified atom stereocenters. The maximum Gasteiger partial charge on any atom is 0.257 e. The topological polar surface area (TPSA) is 60.5 Å². The Morgan fingerprint density at radius 1 is 1.10 bits per heavy atom. The van der Waals surface area contributed by atoms with Gasteiger partial charge in [0.1, 0.15) is 11.5 Å². The molecule has 0 spiro atoms. The summed E-state index contributed by atoms with van der Waals surface area (Å²) in [5.74, 6) is 1.14. The van der Waals surface area contributed by atoms with Crippen molar-refractivity contribution in [2.75, 3.05) is 11.9 Å². The van der Waals surface area contributed by atoms with Crippen molar-refractivity contribution in [3.8, 4) is 11.5 Å². The molecule has 2 aromatic carbocycles. The zero-order valence-corrected chi connectivity index (χ0v) is 18.2. The highest BCUT2D eigenvalue weighted by molar-refractivity contribution is 9.10. The highest BCUT2D eigenvalue weighted by atomic mass is 79.9. The van der Waals surface area contributed by atoms with Crippen molar-refractivity contribution in [2.45, 2.75) is 26.9 Å². The van der Waals surface area contributed by atoms with Gasteiger partial charge < -0.3 is 14.8 Å². The third-order valence-corrected chi connectivity index (χ3v) is 4.86. The molecule has 0 bridgehead atoms. The van der Waals surface area contributed by atoms with E-state index in [2.05, 4.69) is 26.2 Å². The van der Waals surface area contributed by atoms with E-state index in [0.29, 0.717) is 29.3 Å². The van der Waals surface area contributed by atoms with Crippen LogP contribution in [0.25, 0.3) is 0 Å². The number of nitrogens with zero attached hydrogens (tertiary/aromatic N) is 1. The quantitative estimate of drug-likeness (QED) is 0.455. The van der Waals surface area contributed by atoms with Gasteiger partial charge >= 0.3 is 0 Å². The molecule has 0 aliphatic carbocycles. The number of aromatic nitrogens is 1. The van der Waals surface area contributed by atoms with Crippen LogP contribution in [0.4, 0.5) is 5.69 Å². The van der Waals surface area contributed by atoms with Gasteiger partial charge in [0.25, 0.3) is 5.91 Å². The van der Waals surface area contributed by atoms with Crippen LogP contribution in [-0.2, 0) is 4.74 Å². The number of amides is 1. The van der Waals surface area contributed by atoms with Gasteiger partial charge in [-0.1, -0.05) is 22.0 Å². The number of halogens is 1. The Hall–Kier alpha value is -2.70. The van der Waals surface area contributed by atoms with Crippen LogP contribution in [0.5, 0.6) is 11.5 Å². The van der Waals surface area contributed by atoms with Crippen LogP contribution in [0.1, 0.15) is 41.7 Å². The molecule has 0 radical (unpaired) electrons. The van der Waals surface area contributed by atoms with Gasteiger partial charge in [0.05, 0.1) is 23.1 Å². The minimum absolute atomic E-state index is 0.108. The molecule has 1 N–H and O–H groups in total.